The van der Waals surface area contributed by atoms with Crippen LogP contribution in [-0.2, 0) is 0 Å². The molecule has 3 aromatic rings. The molecule has 0 amide bonds. The van der Waals surface area contributed by atoms with Crippen molar-refractivity contribution in [2.45, 2.75) is 13.8 Å². The largest absolute Gasteiger partial charge is 0.340 e. The topological polar surface area (TPSA) is 97.4 Å². The molecule has 136 valence electrons. The predicted octanol–water partition coefficient (Wildman–Crippen LogP) is 4.99. The van der Waals surface area contributed by atoms with E-state index in [9.17, 15) is 0 Å². The van der Waals surface area contributed by atoms with E-state index in [1.54, 1.807) is 6.07 Å². The van der Waals surface area contributed by atoms with Crippen molar-refractivity contribution >= 4 is 29.2 Å². The molecule has 3 rings (SSSR count). The van der Waals surface area contributed by atoms with Gasteiger partial charge in [0.25, 0.3) is 0 Å². The van der Waals surface area contributed by atoms with Crippen LogP contribution in [0.25, 0.3) is 6.05 Å². The van der Waals surface area contributed by atoms with Gasteiger partial charge < -0.3 is 10.6 Å². The fourth-order valence-corrected chi connectivity index (χ4v) is 2.14. The Labute approximate surface area is 179 Å². The lowest BCUT2D eigenvalue weighted by Crippen LogP contribution is -2.02. The Bertz CT molecular complexity index is 1590. The summed E-state index contributed by atoms with van der Waals surface area (Å²) >= 11 is 0. The Hall–Kier alpha value is -4.16. The molecule has 0 atom stereocenters. The number of nitriles is 2. The summed E-state index contributed by atoms with van der Waals surface area (Å²) < 4.78 is 88.5. The van der Waals surface area contributed by atoms with Gasteiger partial charge in [0, 0.05) is 27.7 Å². The first-order valence-electron chi connectivity index (χ1n) is 13.2. The number of nitrogens with one attached hydrogen (secondary N) is 2. The van der Waals surface area contributed by atoms with E-state index in [1.807, 2.05) is 0 Å². The van der Waals surface area contributed by atoms with Crippen molar-refractivity contribution in [3.63, 3.8) is 0 Å². The summed E-state index contributed by atoms with van der Waals surface area (Å²) in [6.45, 7) is -1.65. The van der Waals surface area contributed by atoms with Gasteiger partial charge in [-0.3, -0.25) is 0 Å². The van der Waals surface area contributed by atoms with Crippen LogP contribution in [0.2, 0.25) is 0 Å². The quantitative estimate of drug-likeness (QED) is 0.608. The van der Waals surface area contributed by atoms with E-state index in [4.69, 9.17) is 25.6 Å². The van der Waals surface area contributed by atoms with Crippen molar-refractivity contribution in [2.75, 3.05) is 10.6 Å². The second kappa shape index (κ2) is 8.48. The fourth-order valence-electron chi connectivity index (χ4n) is 2.14. The molecule has 0 bridgehead atoms. The molecule has 6 heteroatoms. The van der Waals surface area contributed by atoms with E-state index in [0.29, 0.717) is 0 Å². The monoisotopic (exact) mass is 377 g/mol. The standard InChI is InChI=1S/C22H18N6/c1-15-12-18(4-3-10-23)13-16(2)21(15)27-20-9-11-25-22(28-20)26-19-7-5-17(14-24)6-8-19/h3-9,11-13H,1-2H3,(H2,25,26,27,28)/b4-3+/i1D3,3D,4D,5D,6D,9D,11D,12D,13D. The number of aromatic nitrogens is 2. The zero-order chi connectivity index (χ0) is 29.4. The molecule has 1 aromatic heterocycles. The van der Waals surface area contributed by atoms with Crippen LogP contribution in [0.3, 0.4) is 0 Å². The lowest BCUT2D eigenvalue weighted by Gasteiger charge is -2.14. The van der Waals surface area contributed by atoms with E-state index in [2.05, 4.69) is 20.6 Å². The molecule has 0 saturated heterocycles. The second-order valence-electron chi connectivity index (χ2n) is 5.26. The van der Waals surface area contributed by atoms with Gasteiger partial charge in [-0.25, -0.2) is 4.98 Å². The molecule has 0 unspecified atom stereocenters. The minimum Gasteiger partial charge on any atom is -0.340 e. The summed E-state index contributed by atoms with van der Waals surface area (Å²) in [6, 6.07) is 1.66. The highest BCUT2D eigenvalue weighted by Crippen LogP contribution is 2.26. The number of hydrogen-bond acceptors (Lipinski definition) is 6. The molecule has 0 saturated carbocycles. The van der Waals surface area contributed by atoms with Gasteiger partial charge in [-0.2, -0.15) is 15.5 Å². The molecule has 2 N–H and O–H groups in total. The summed E-state index contributed by atoms with van der Waals surface area (Å²) in [5, 5.41) is 23.3. The number of allylic oxidation sites excluding steroid dienone is 1. The van der Waals surface area contributed by atoms with Crippen molar-refractivity contribution in [2.24, 2.45) is 0 Å². The third kappa shape index (κ3) is 4.51. The van der Waals surface area contributed by atoms with Crippen molar-refractivity contribution in [1.82, 2.24) is 9.97 Å². The molecule has 0 radical (unpaired) electrons. The summed E-state index contributed by atoms with van der Waals surface area (Å²) in [4.78, 5) is 7.92. The van der Waals surface area contributed by atoms with Crippen LogP contribution >= 0.6 is 0 Å². The minimum atomic E-state index is -2.97. The summed E-state index contributed by atoms with van der Waals surface area (Å²) in [5.41, 5.74) is -1.57. The van der Waals surface area contributed by atoms with E-state index in [-0.39, 0.29) is 46.4 Å². The number of benzene rings is 2. The van der Waals surface area contributed by atoms with Crippen molar-refractivity contribution in [1.29, 1.82) is 10.5 Å². The molecular formula is C22H18N6. The molecular weight excluding hydrogens is 348 g/mol. The lowest BCUT2D eigenvalue weighted by molar-refractivity contribution is 1.16. The molecule has 2 aromatic carbocycles. The van der Waals surface area contributed by atoms with Crippen LogP contribution in [0.5, 0.6) is 0 Å². The van der Waals surface area contributed by atoms with Crippen molar-refractivity contribution < 1.29 is 15.1 Å². The van der Waals surface area contributed by atoms with Crippen LogP contribution in [0, 0.1) is 36.4 Å². The smallest absolute Gasteiger partial charge is 0.229 e. The number of hydrogen-bond donors (Lipinski definition) is 2. The van der Waals surface area contributed by atoms with Gasteiger partial charge in [0.15, 0.2) is 0 Å². The van der Waals surface area contributed by atoms with Gasteiger partial charge in [0.1, 0.15) is 5.82 Å². The van der Waals surface area contributed by atoms with E-state index < -0.39 is 54.4 Å². The summed E-state index contributed by atoms with van der Waals surface area (Å²) in [5.74, 6) is -0.642. The third-order valence-corrected chi connectivity index (χ3v) is 3.34. The summed E-state index contributed by atoms with van der Waals surface area (Å²) in [7, 11) is 0. The zero-order valence-electron chi connectivity index (χ0n) is 25.4. The number of nitrogens with zero attached hydrogens (tertiary/aromatic N) is 4. The van der Waals surface area contributed by atoms with Gasteiger partial charge in [-0.15, -0.1) is 0 Å². The van der Waals surface area contributed by atoms with Gasteiger partial charge in [-0.1, -0.05) is 0 Å². The molecule has 0 spiro atoms. The first-order valence-corrected chi connectivity index (χ1v) is 7.75. The Morgan fingerprint density at radius 1 is 1.18 bits per heavy atom. The SMILES string of the molecule is [2H]/C(C#N)=C(/[2H])c1c([2H])c(C)c(Nc2nc(Nc3cc([2H])c(C#N)c([2H])c3)nc([2H])c2[2H])c(C([2H])([2H])[2H])c1[2H]. The van der Waals surface area contributed by atoms with Crippen LogP contribution in [-0.4, -0.2) is 9.97 Å². The molecule has 6 nitrogen and oxygen atoms in total. The Morgan fingerprint density at radius 3 is 2.68 bits per heavy atom. The number of anilines is 4. The molecule has 0 aliphatic heterocycles. The molecule has 28 heavy (non-hydrogen) atoms. The Morgan fingerprint density at radius 2 is 1.96 bits per heavy atom. The average molecular weight is 377 g/mol. The lowest BCUT2D eigenvalue weighted by atomic mass is 10.0. The van der Waals surface area contributed by atoms with Crippen LogP contribution in [0.15, 0.2) is 54.6 Å². The van der Waals surface area contributed by atoms with Gasteiger partial charge >= 0.3 is 0 Å². The highest BCUT2D eigenvalue weighted by Gasteiger charge is 2.07. The normalized spacial score (nSPS) is 17.0. The zero-order valence-corrected chi connectivity index (χ0v) is 14.4. The average Bonchev–Trinajstić information content (AvgIpc) is 2.83. The van der Waals surface area contributed by atoms with Crippen LogP contribution < -0.4 is 10.6 Å². The van der Waals surface area contributed by atoms with Crippen LogP contribution in [0.4, 0.5) is 23.1 Å². The third-order valence-electron chi connectivity index (χ3n) is 3.34. The maximum Gasteiger partial charge on any atom is 0.229 e. The fraction of sp³-hybridized carbons (Fsp3) is 0.0909. The van der Waals surface area contributed by atoms with Gasteiger partial charge in [0.2, 0.25) is 5.95 Å². The van der Waals surface area contributed by atoms with E-state index >= 15 is 0 Å². The second-order valence-corrected chi connectivity index (χ2v) is 5.26. The van der Waals surface area contributed by atoms with Gasteiger partial charge in [0.05, 0.1) is 28.7 Å². The predicted molar refractivity (Wildman–Crippen MR) is 110 cm³/mol. The van der Waals surface area contributed by atoms with E-state index in [0.717, 1.165) is 0 Å². The van der Waals surface area contributed by atoms with Crippen molar-refractivity contribution in [3.8, 4) is 12.1 Å². The maximum atomic E-state index is 9.06. The first-order chi connectivity index (χ1) is 18.1. The van der Waals surface area contributed by atoms with Gasteiger partial charge in [-0.05, 0) is 78.9 Å². The Balaban J connectivity index is 2.20. The molecule has 0 aliphatic rings. The van der Waals surface area contributed by atoms with Crippen molar-refractivity contribution in [3.05, 3.63) is 76.8 Å². The summed E-state index contributed by atoms with van der Waals surface area (Å²) in [6.07, 6.45) is -0.591. The molecule has 1 heterocycles. The molecule has 0 fully saturated rings. The Kier molecular flexibility index (Phi) is 2.78. The maximum absolute atomic E-state index is 9.06. The highest BCUT2D eigenvalue weighted by atomic mass is 15.1. The van der Waals surface area contributed by atoms with Crippen LogP contribution in [0.1, 0.15) is 37.3 Å². The number of rotatable bonds is 5. The highest BCUT2D eigenvalue weighted by molar-refractivity contribution is 5.69. The molecule has 0 aliphatic carbocycles. The van der Waals surface area contributed by atoms with E-state index in [1.165, 1.54) is 25.1 Å². The minimum absolute atomic E-state index is 0.0774. The first kappa shape index (κ1) is 9.16.